The van der Waals surface area contributed by atoms with Gasteiger partial charge in [0.05, 0.1) is 11.3 Å². The van der Waals surface area contributed by atoms with E-state index in [1.165, 1.54) is 11.1 Å². The molecule has 2 heterocycles. The second-order valence-corrected chi connectivity index (χ2v) is 9.32. The molecule has 4 rings (SSSR count). The first-order valence-electron chi connectivity index (χ1n) is 12.8. The van der Waals surface area contributed by atoms with Crippen molar-refractivity contribution in [3.05, 3.63) is 87.3 Å². The zero-order valence-corrected chi connectivity index (χ0v) is 23.1. The van der Waals surface area contributed by atoms with Crippen molar-refractivity contribution < 1.29 is 46.1 Å². The van der Waals surface area contributed by atoms with Gasteiger partial charge >= 0.3 is 24.3 Å². The summed E-state index contributed by atoms with van der Waals surface area (Å²) in [5.74, 6) is -4.86. The van der Waals surface area contributed by atoms with Gasteiger partial charge in [0, 0.05) is 37.7 Å². The smallest absolute Gasteiger partial charge is 0.475 e. The number of aromatic amines is 1. The number of hydrogen-bond donors (Lipinski definition) is 4. The molecule has 0 saturated carbocycles. The van der Waals surface area contributed by atoms with Crippen molar-refractivity contribution >= 4 is 11.9 Å². The van der Waals surface area contributed by atoms with E-state index < -0.39 is 24.3 Å². The lowest BCUT2D eigenvalue weighted by Crippen LogP contribution is -2.31. The van der Waals surface area contributed by atoms with Crippen LogP contribution >= 0.6 is 0 Å². The maximum absolute atomic E-state index is 12.4. The van der Waals surface area contributed by atoms with E-state index in [0.29, 0.717) is 18.4 Å². The molecule has 15 heteroatoms. The first-order chi connectivity index (χ1) is 20.0. The lowest BCUT2D eigenvalue weighted by atomic mass is 10.0. The van der Waals surface area contributed by atoms with Gasteiger partial charge < -0.3 is 20.5 Å². The minimum absolute atomic E-state index is 0.0327. The molecule has 0 spiro atoms. The van der Waals surface area contributed by atoms with Gasteiger partial charge in [0.15, 0.2) is 0 Å². The highest BCUT2D eigenvalue weighted by molar-refractivity contribution is 5.73. The summed E-state index contributed by atoms with van der Waals surface area (Å²) in [6.07, 6.45) is -8.30. The molecule has 0 aliphatic carbocycles. The lowest BCUT2D eigenvalue weighted by molar-refractivity contribution is -0.193. The largest absolute Gasteiger partial charge is 0.490 e. The Balaban J connectivity index is 0.000000384. The quantitative estimate of drug-likeness (QED) is 0.287. The summed E-state index contributed by atoms with van der Waals surface area (Å²) in [5, 5.41) is 17.5. The molecule has 1 aromatic heterocycles. The first-order valence-corrected chi connectivity index (χ1v) is 12.8. The maximum Gasteiger partial charge on any atom is 0.490 e. The Bertz CT molecular complexity index is 1390. The number of halogens is 6. The zero-order chi connectivity index (χ0) is 32.4. The van der Waals surface area contributed by atoms with Crippen molar-refractivity contribution in [1.29, 1.82) is 0 Å². The number of alkyl halides is 6. The molecule has 43 heavy (non-hydrogen) atoms. The highest BCUT2D eigenvalue weighted by atomic mass is 19.4. The number of aliphatic carboxylic acids is 2. The highest BCUT2D eigenvalue weighted by Gasteiger charge is 2.38. The Morgan fingerprint density at radius 3 is 1.98 bits per heavy atom. The number of rotatable bonds is 6. The number of benzene rings is 2. The third kappa shape index (κ3) is 10.8. The molecule has 4 N–H and O–H groups in total. The van der Waals surface area contributed by atoms with Crippen molar-refractivity contribution in [3.63, 3.8) is 0 Å². The van der Waals surface area contributed by atoms with Crippen molar-refractivity contribution in [2.45, 2.75) is 51.2 Å². The van der Waals surface area contributed by atoms with Crippen LogP contribution in [0, 0.1) is 0 Å². The van der Waals surface area contributed by atoms with Crippen molar-refractivity contribution in [3.8, 4) is 11.4 Å². The molecule has 1 atom stereocenters. The Hall–Kier alpha value is -4.24. The standard InChI is InChI=1S/C24H28N4O.2C2HF3O2/c1-3-22(18-7-5-4-6-8-18)28(2)16-17-9-11-19(12-10-17)23-26-21-13-14-25-15-20(21)24(29)27-23;2*3-2(4,5)1(6)7/h4-12,22,25H,3,13-16H2,1-2H3,(H,26,27,29);2*(H,6,7). The van der Waals surface area contributed by atoms with E-state index in [1.54, 1.807) is 0 Å². The van der Waals surface area contributed by atoms with Crippen LogP contribution in [0.3, 0.4) is 0 Å². The summed E-state index contributed by atoms with van der Waals surface area (Å²) >= 11 is 0. The molecule has 0 fully saturated rings. The van der Waals surface area contributed by atoms with Crippen LogP contribution in [0.15, 0.2) is 59.4 Å². The van der Waals surface area contributed by atoms with Crippen LogP contribution in [-0.4, -0.2) is 63.0 Å². The number of carboxylic acid groups (broad SMARTS) is 2. The lowest BCUT2D eigenvalue weighted by Gasteiger charge is -2.27. The van der Waals surface area contributed by atoms with Crippen LogP contribution in [0.25, 0.3) is 11.4 Å². The molecule has 0 saturated heterocycles. The van der Waals surface area contributed by atoms with Gasteiger partial charge in [-0.3, -0.25) is 9.69 Å². The summed E-state index contributed by atoms with van der Waals surface area (Å²) < 4.78 is 63.5. The number of carboxylic acids is 2. The zero-order valence-electron chi connectivity index (χ0n) is 23.1. The first kappa shape index (κ1) is 35.0. The van der Waals surface area contributed by atoms with Crippen LogP contribution in [0.1, 0.15) is 41.8 Å². The van der Waals surface area contributed by atoms with E-state index in [0.717, 1.165) is 42.8 Å². The Kier molecular flexibility index (Phi) is 12.4. The van der Waals surface area contributed by atoms with Crippen molar-refractivity contribution in [1.82, 2.24) is 20.2 Å². The fraction of sp³-hybridized carbons (Fsp3) is 0.357. The number of hydrogen-bond acceptors (Lipinski definition) is 6. The average Bonchev–Trinajstić information content (AvgIpc) is 2.94. The topological polar surface area (TPSA) is 136 Å². The molecule has 0 radical (unpaired) electrons. The Morgan fingerprint density at radius 2 is 1.49 bits per heavy atom. The van der Waals surface area contributed by atoms with Crippen LogP contribution in [0.4, 0.5) is 26.3 Å². The molecule has 3 aromatic rings. The number of fused-ring (bicyclic) bond motifs is 1. The van der Waals surface area contributed by atoms with E-state index in [2.05, 4.69) is 83.8 Å². The third-order valence-electron chi connectivity index (χ3n) is 6.19. The van der Waals surface area contributed by atoms with Crippen LogP contribution in [-0.2, 0) is 29.1 Å². The van der Waals surface area contributed by atoms with E-state index in [4.69, 9.17) is 24.8 Å². The van der Waals surface area contributed by atoms with Crippen LogP contribution in [0.2, 0.25) is 0 Å². The summed E-state index contributed by atoms with van der Waals surface area (Å²) in [6, 6.07) is 19.4. The fourth-order valence-corrected chi connectivity index (χ4v) is 4.13. The normalized spacial score (nSPS) is 13.5. The number of H-pyrrole nitrogens is 1. The van der Waals surface area contributed by atoms with Crippen molar-refractivity contribution in [2.24, 2.45) is 0 Å². The number of aromatic nitrogens is 2. The second-order valence-electron chi connectivity index (χ2n) is 9.32. The predicted molar refractivity (Wildman–Crippen MR) is 144 cm³/mol. The average molecular weight is 617 g/mol. The molecular weight excluding hydrogens is 586 g/mol. The van der Waals surface area contributed by atoms with Gasteiger partial charge in [0.2, 0.25) is 0 Å². The molecule has 1 unspecified atom stereocenters. The molecule has 0 amide bonds. The molecular formula is C28H30F6N4O5. The maximum atomic E-state index is 12.4. The minimum Gasteiger partial charge on any atom is -0.475 e. The van der Waals surface area contributed by atoms with Gasteiger partial charge in [-0.15, -0.1) is 0 Å². The third-order valence-corrected chi connectivity index (χ3v) is 6.19. The number of nitrogens with zero attached hydrogens (tertiary/aromatic N) is 2. The Morgan fingerprint density at radius 1 is 0.953 bits per heavy atom. The van der Waals surface area contributed by atoms with E-state index in [9.17, 15) is 31.1 Å². The van der Waals surface area contributed by atoms with Crippen molar-refractivity contribution in [2.75, 3.05) is 13.6 Å². The molecule has 2 aromatic carbocycles. The van der Waals surface area contributed by atoms with Gasteiger partial charge in [0.25, 0.3) is 5.56 Å². The summed E-state index contributed by atoms with van der Waals surface area (Å²) in [7, 11) is 2.17. The summed E-state index contributed by atoms with van der Waals surface area (Å²) in [5.41, 5.74) is 5.19. The SMILES string of the molecule is CCC(c1ccccc1)N(C)Cc1ccc(-c2nc3c(c(=O)[nH]2)CNCC3)cc1.O=C(O)C(F)(F)F.O=C(O)C(F)(F)F. The fourth-order valence-electron chi connectivity index (χ4n) is 4.13. The van der Waals surface area contributed by atoms with E-state index in [1.807, 2.05) is 0 Å². The Labute approximate surface area is 242 Å². The number of nitrogens with one attached hydrogen (secondary N) is 2. The van der Waals surface area contributed by atoms with E-state index >= 15 is 0 Å². The summed E-state index contributed by atoms with van der Waals surface area (Å²) in [4.78, 5) is 40.2. The van der Waals surface area contributed by atoms with Gasteiger partial charge in [-0.25, -0.2) is 14.6 Å². The second kappa shape index (κ2) is 15.3. The monoisotopic (exact) mass is 616 g/mol. The molecule has 1 aliphatic heterocycles. The van der Waals surface area contributed by atoms with Crippen LogP contribution in [0.5, 0.6) is 0 Å². The minimum atomic E-state index is -5.08. The molecule has 9 nitrogen and oxygen atoms in total. The predicted octanol–water partition coefficient (Wildman–Crippen LogP) is 4.93. The van der Waals surface area contributed by atoms with E-state index in [-0.39, 0.29) is 5.56 Å². The van der Waals surface area contributed by atoms with Gasteiger partial charge in [-0.1, -0.05) is 61.5 Å². The molecule has 1 aliphatic rings. The van der Waals surface area contributed by atoms with Gasteiger partial charge in [-0.05, 0) is 24.6 Å². The van der Waals surface area contributed by atoms with Gasteiger partial charge in [-0.2, -0.15) is 26.3 Å². The number of carbonyl (C=O) groups is 2. The highest BCUT2D eigenvalue weighted by Crippen LogP contribution is 2.25. The van der Waals surface area contributed by atoms with Crippen LogP contribution < -0.4 is 10.9 Å². The molecule has 0 bridgehead atoms. The summed E-state index contributed by atoms with van der Waals surface area (Å²) in [6.45, 7) is 4.57. The molecule has 234 valence electrons. The van der Waals surface area contributed by atoms with Gasteiger partial charge in [0.1, 0.15) is 5.82 Å².